The van der Waals surface area contributed by atoms with Crippen molar-refractivity contribution in [1.82, 2.24) is 0 Å². The number of phenolic OH excluding ortho intramolecular Hbond substituents is 1. The molecule has 1 atom stereocenters. The SMILES string of the molecule is NCC(F)(Cc1ccc(O)cc1)c1ccccc1. The number of aromatic hydroxyl groups is 1. The second-order valence-corrected chi connectivity index (χ2v) is 4.38. The van der Waals surface area contributed by atoms with E-state index >= 15 is 0 Å². The van der Waals surface area contributed by atoms with Gasteiger partial charge in [-0.3, -0.25) is 0 Å². The van der Waals surface area contributed by atoms with Gasteiger partial charge >= 0.3 is 0 Å². The van der Waals surface area contributed by atoms with Gasteiger partial charge in [0, 0.05) is 13.0 Å². The average Bonchev–Trinajstić information content (AvgIpc) is 2.42. The van der Waals surface area contributed by atoms with Gasteiger partial charge in [-0.2, -0.15) is 0 Å². The van der Waals surface area contributed by atoms with E-state index < -0.39 is 5.67 Å². The van der Waals surface area contributed by atoms with Crippen molar-refractivity contribution in [3.63, 3.8) is 0 Å². The van der Waals surface area contributed by atoms with Gasteiger partial charge in [0.15, 0.2) is 5.67 Å². The van der Waals surface area contributed by atoms with Crippen LogP contribution in [0.15, 0.2) is 54.6 Å². The lowest BCUT2D eigenvalue weighted by Crippen LogP contribution is -2.32. The minimum atomic E-state index is -1.57. The summed E-state index contributed by atoms with van der Waals surface area (Å²) in [7, 11) is 0. The topological polar surface area (TPSA) is 46.2 Å². The normalized spacial score (nSPS) is 14.1. The van der Waals surface area contributed by atoms with Crippen LogP contribution in [0, 0.1) is 0 Å². The first kappa shape index (κ1) is 12.6. The molecule has 0 saturated heterocycles. The molecule has 0 aromatic heterocycles. The van der Waals surface area contributed by atoms with Crippen LogP contribution >= 0.6 is 0 Å². The van der Waals surface area contributed by atoms with Crippen molar-refractivity contribution >= 4 is 0 Å². The first-order valence-corrected chi connectivity index (χ1v) is 5.86. The van der Waals surface area contributed by atoms with E-state index in [1.54, 1.807) is 48.5 Å². The molecule has 2 aromatic carbocycles. The third-order valence-corrected chi connectivity index (χ3v) is 3.04. The van der Waals surface area contributed by atoms with Gasteiger partial charge in [-0.05, 0) is 23.3 Å². The van der Waals surface area contributed by atoms with Gasteiger partial charge in [-0.25, -0.2) is 4.39 Å². The van der Waals surface area contributed by atoms with Crippen LogP contribution < -0.4 is 5.73 Å². The van der Waals surface area contributed by atoms with Crippen LogP contribution in [0.3, 0.4) is 0 Å². The maximum Gasteiger partial charge on any atom is 0.152 e. The molecule has 0 saturated carbocycles. The smallest absolute Gasteiger partial charge is 0.152 e. The van der Waals surface area contributed by atoms with Crippen LogP contribution in [0.4, 0.5) is 4.39 Å². The third-order valence-electron chi connectivity index (χ3n) is 3.04. The Labute approximate surface area is 106 Å². The molecule has 0 aliphatic heterocycles. The molecule has 2 aromatic rings. The molecule has 2 rings (SSSR count). The van der Waals surface area contributed by atoms with Crippen molar-refractivity contribution in [2.45, 2.75) is 12.1 Å². The van der Waals surface area contributed by atoms with Crippen molar-refractivity contribution in [3.8, 4) is 5.75 Å². The molecule has 0 spiro atoms. The summed E-state index contributed by atoms with van der Waals surface area (Å²) >= 11 is 0. The molecule has 0 aliphatic carbocycles. The van der Waals surface area contributed by atoms with Crippen LogP contribution in [-0.2, 0) is 12.1 Å². The van der Waals surface area contributed by atoms with Crippen LogP contribution in [0.25, 0.3) is 0 Å². The monoisotopic (exact) mass is 245 g/mol. The van der Waals surface area contributed by atoms with Crippen LogP contribution in [0.2, 0.25) is 0 Å². The highest BCUT2D eigenvalue weighted by Gasteiger charge is 2.30. The summed E-state index contributed by atoms with van der Waals surface area (Å²) in [6.45, 7) is -0.0715. The number of rotatable bonds is 4. The Hall–Kier alpha value is -1.87. The van der Waals surface area contributed by atoms with Crippen LogP contribution in [0.1, 0.15) is 11.1 Å². The van der Waals surface area contributed by atoms with E-state index in [4.69, 9.17) is 5.73 Å². The van der Waals surface area contributed by atoms with Crippen molar-refractivity contribution in [2.75, 3.05) is 6.54 Å². The van der Waals surface area contributed by atoms with Gasteiger partial charge in [-0.15, -0.1) is 0 Å². The molecule has 0 radical (unpaired) electrons. The molecule has 3 heteroatoms. The van der Waals surface area contributed by atoms with Crippen LogP contribution in [-0.4, -0.2) is 11.7 Å². The van der Waals surface area contributed by atoms with E-state index in [1.165, 1.54) is 0 Å². The van der Waals surface area contributed by atoms with Gasteiger partial charge in [0.25, 0.3) is 0 Å². The Bertz CT molecular complexity index is 498. The van der Waals surface area contributed by atoms with Crippen molar-refractivity contribution in [2.24, 2.45) is 5.73 Å². The molecule has 2 nitrogen and oxygen atoms in total. The first-order valence-electron chi connectivity index (χ1n) is 5.86. The number of hydrogen-bond donors (Lipinski definition) is 2. The van der Waals surface area contributed by atoms with Crippen molar-refractivity contribution in [3.05, 3.63) is 65.7 Å². The minimum absolute atomic E-state index is 0.0715. The zero-order valence-corrected chi connectivity index (χ0v) is 10.0. The number of halogens is 1. The van der Waals surface area contributed by atoms with Gasteiger partial charge in [-0.1, -0.05) is 42.5 Å². The summed E-state index contributed by atoms with van der Waals surface area (Å²) in [6.07, 6.45) is 0.202. The highest BCUT2D eigenvalue weighted by molar-refractivity contribution is 5.30. The number of phenols is 1. The standard InChI is InChI=1S/C15H16FNO/c16-15(11-17,13-4-2-1-3-5-13)10-12-6-8-14(18)9-7-12/h1-9,18H,10-11,17H2. The Morgan fingerprint density at radius 3 is 2.17 bits per heavy atom. The predicted molar refractivity (Wildman–Crippen MR) is 70.1 cm³/mol. The fourth-order valence-electron chi connectivity index (χ4n) is 1.97. The molecule has 1 unspecified atom stereocenters. The minimum Gasteiger partial charge on any atom is -0.508 e. The summed E-state index contributed by atoms with van der Waals surface area (Å²) in [5.74, 6) is 0.177. The van der Waals surface area contributed by atoms with Gasteiger partial charge in [0.05, 0.1) is 0 Å². The summed E-state index contributed by atoms with van der Waals surface area (Å²) in [4.78, 5) is 0. The van der Waals surface area contributed by atoms with E-state index in [1.807, 2.05) is 6.07 Å². The maximum absolute atomic E-state index is 14.9. The number of benzene rings is 2. The Balaban J connectivity index is 2.26. The van der Waals surface area contributed by atoms with E-state index in [0.29, 0.717) is 5.56 Å². The predicted octanol–water partition coefficient (Wildman–Crippen LogP) is 2.76. The fraction of sp³-hybridized carbons (Fsp3) is 0.200. The lowest BCUT2D eigenvalue weighted by molar-refractivity contribution is 0.175. The number of alkyl halides is 1. The van der Waals surface area contributed by atoms with E-state index in [-0.39, 0.29) is 18.7 Å². The first-order chi connectivity index (χ1) is 8.64. The molecule has 18 heavy (non-hydrogen) atoms. The fourth-order valence-corrected chi connectivity index (χ4v) is 1.97. The summed E-state index contributed by atoms with van der Waals surface area (Å²) < 4.78 is 14.9. The van der Waals surface area contributed by atoms with Crippen LogP contribution in [0.5, 0.6) is 5.75 Å². The lowest BCUT2D eigenvalue weighted by atomic mass is 9.89. The maximum atomic E-state index is 14.9. The van der Waals surface area contributed by atoms with Crippen molar-refractivity contribution in [1.29, 1.82) is 0 Å². The van der Waals surface area contributed by atoms with E-state index in [9.17, 15) is 9.50 Å². The quantitative estimate of drug-likeness (QED) is 0.870. The second kappa shape index (κ2) is 5.19. The third kappa shape index (κ3) is 2.68. The molecular formula is C15H16FNO. The Morgan fingerprint density at radius 1 is 1.00 bits per heavy atom. The van der Waals surface area contributed by atoms with E-state index in [0.717, 1.165) is 5.56 Å². The van der Waals surface area contributed by atoms with Gasteiger partial charge in [0.1, 0.15) is 5.75 Å². The summed E-state index contributed by atoms with van der Waals surface area (Å²) in [6, 6.07) is 15.5. The molecule has 3 N–H and O–H groups in total. The highest BCUT2D eigenvalue weighted by atomic mass is 19.1. The summed E-state index contributed by atoms with van der Waals surface area (Å²) in [5, 5.41) is 9.21. The Morgan fingerprint density at radius 2 is 1.61 bits per heavy atom. The van der Waals surface area contributed by atoms with Crippen molar-refractivity contribution < 1.29 is 9.50 Å². The number of nitrogens with two attached hydrogens (primary N) is 1. The zero-order chi connectivity index (χ0) is 13.0. The molecule has 0 bridgehead atoms. The average molecular weight is 245 g/mol. The van der Waals surface area contributed by atoms with Gasteiger partial charge < -0.3 is 10.8 Å². The van der Waals surface area contributed by atoms with Gasteiger partial charge in [0.2, 0.25) is 0 Å². The lowest BCUT2D eigenvalue weighted by Gasteiger charge is -2.24. The summed E-state index contributed by atoms with van der Waals surface area (Å²) in [5.41, 5.74) is 5.41. The molecule has 0 aliphatic rings. The Kier molecular flexibility index (Phi) is 3.63. The zero-order valence-electron chi connectivity index (χ0n) is 10.0. The largest absolute Gasteiger partial charge is 0.508 e. The molecular weight excluding hydrogens is 229 g/mol. The van der Waals surface area contributed by atoms with E-state index in [2.05, 4.69) is 0 Å². The molecule has 0 heterocycles. The second-order valence-electron chi connectivity index (χ2n) is 4.38. The molecule has 94 valence electrons. The number of hydrogen-bond acceptors (Lipinski definition) is 2. The highest BCUT2D eigenvalue weighted by Crippen LogP contribution is 2.29. The molecule has 0 amide bonds. The molecule has 0 fully saturated rings.